The fraction of sp³-hybridized carbons (Fsp3) is 0.320. The van der Waals surface area contributed by atoms with Gasteiger partial charge in [-0.25, -0.2) is 0 Å². The van der Waals surface area contributed by atoms with Crippen molar-refractivity contribution < 1.29 is 28.8 Å². The van der Waals surface area contributed by atoms with E-state index in [4.69, 9.17) is 30.5 Å². The lowest BCUT2D eigenvalue weighted by atomic mass is 10.1. The highest BCUT2D eigenvalue weighted by Gasteiger charge is 2.26. The van der Waals surface area contributed by atoms with E-state index in [1.807, 2.05) is 26.0 Å². The molecule has 0 saturated carbocycles. The molecule has 170 valence electrons. The average molecular weight is 459 g/mol. The van der Waals surface area contributed by atoms with E-state index in [0.29, 0.717) is 40.3 Å². The second-order valence-corrected chi connectivity index (χ2v) is 7.62. The van der Waals surface area contributed by atoms with E-state index >= 15 is 0 Å². The molecule has 0 fully saturated rings. The molecule has 0 aromatic heterocycles. The molecule has 3 rings (SSSR count). The molecular formula is C25H27ClO6. The maximum atomic E-state index is 12.9. The fourth-order valence-electron chi connectivity index (χ4n) is 3.30. The molecule has 7 heteroatoms. The molecule has 0 bridgehead atoms. The molecule has 0 aliphatic heterocycles. The second-order valence-electron chi connectivity index (χ2n) is 7.19. The van der Waals surface area contributed by atoms with Crippen LogP contribution in [0.25, 0.3) is 10.8 Å². The third-order valence-corrected chi connectivity index (χ3v) is 4.99. The molecule has 0 saturated heterocycles. The lowest BCUT2D eigenvalue weighted by Crippen LogP contribution is -2.14. The molecule has 32 heavy (non-hydrogen) atoms. The zero-order valence-corrected chi connectivity index (χ0v) is 19.2. The summed E-state index contributed by atoms with van der Waals surface area (Å²) in [6.07, 6.45) is 1.44. The molecule has 0 radical (unpaired) electrons. The molecule has 0 unspecified atom stereocenters. The van der Waals surface area contributed by atoms with Gasteiger partial charge < -0.3 is 24.1 Å². The number of halogens is 1. The zero-order chi connectivity index (χ0) is 23.1. The van der Waals surface area contributed by atoms with E-state index in [-0.39, 0.29) is 29.4 Å². The van der Waals surface area contributed by atoms with Crippen molar-refractivity contribution in [2.45, 2.75) is 33.1 Å². The van der Waals surface area contributed by atoms with Crippen LogP contribution in [0.1, 0.15) is 32.3 Å². The van der Waals surface area contributed by atoms with Crippen molar-refractivity contribution >= 4 is 28.3 Å². The van der Waals surface area contributed by atoms with Crippen LogP contribution in [0.15, 0.2) is 42.5 Å². The van der Waals surface area contributed by atoms with E-state index in [1.54, 1.807) is 37.4 Å². The monoisotopic (exact) mass is 458 g/mol. The van der Waals surface area contributed by atoms with Crippen molar-refractivity contribution in [2.75, 3.05) is 20.3 Å². The van der Waals surface area contributed by atoms with Crippen LogP contribution >= 0.6 is 11.6 Å². The lowest BCUT2D eigenvalue weighted by molar-refractivity contribution is -0.133. The van der Waals surface area contributed by atoms with Crippen LogP contribution < -0.4 is 18.9 Å². The van der Waals surface area contributed by atoms with Crippen molar-refractivity contribution in [2.24, 2.45) is 0 Å². The number of fused-ring (bicyclic) bond motifs is 1. The first-order chi connectivity index (χ1) is 15.5. The number of methoxy groups -OCH3 is 1. The number of phenolic OH excluding ortho intramolecular Hbond substituents is 1. The van der Waals surface area contributed by atoms with Gasteiger partial charge in [-0.3, -0.25) is 4.79 Å². The van der Waals surface area contributed by atoms with Gasteiger partial charge in [-0.1, -0.05) is 43.6 Å². The first-order valence-corrected chi connectivity index (χ1v) is 10.9. The van der Waals surface area contributed by atoms with Crippen molar-refractivity contribution in [3.8, 4) is 28.7 Å². The third kappa shape index (κ3) is 5.19. The minimum absolute atomic E-state index is 0.00861. The molecule has 6 nitrogen and oxygen atoms in total. The fourth-order valence-corrected chi connectivity index (χ4v) is 3.47. The van der Waals surface area contributed by atoms with Gasteiger partial charge in [0.15, 0.2) is 11.5 Å². The van der Waals surface area contributed by atoms with Crippen LogP contribution in [0.5, 0.6) is 28.7 Å². The number of carbonyl (C=O) groups is 1. The SMILES string of the molecule is CCCOc1c(OCCC)c(OC(=O)Cc2ccccc2OC)c2cc(Cl)ccc2c1O. The topological polar surface area (TPSA) is 74.2 Å². The van der Waals surface area contributed by atoms with Gasteiger partial charge in [-0.05, 0) is 37.1 Å². The average Bonchev–Trinajstić information content (AvgIpc) is 2.79. The summed E-state index contributed by atoms with van der Waals surface area (Å²) in [5, 5.41) is 12.2. The van der Waals surface area contributed by atoms with Crippen LogP contribution in [-0.2, 0) is 11.2 Å². The Morgan fingerprint density at radius 1 is 0.938 bits per heavy atom. The van der Waals surface area contributed by atoms with Gasteiger partial charge in [0.05, 0.1) is 26.7 Å². The van der Waals surface area contributed by atoms with Crippen molar-refractivity contribution in [3.63, 3.8) is 0 Å². The van der Waals surface area contributed by atoms with E-state index in [2.05, 4.69) is 0 Å². The molecule has 1 N–H and O–H groups in total. The molecule has 3 aromatic rings. The Morgan fingerprint density at radius 2 is 1.62 bits per heavy atom. The van der Waals surface area contributed by atoms with Gasteiger partial charge in [0, 0.05) is 21.4 Å². The smallest absolute Gasteiger partial charge is 0.315 e. The van der Waals surface area contributed by atoms with E-state index < -0.39 is 5.97 Å². The summed E-state index contributed by atoms with van der Waals surface area (Å²) in [7, 11) is 1.55. The number of hydrogen-bond donors (Lipinski definition) is 1. The number of carbonyl (C=O) groups excluding carboxylic acids is 1. The van der Waals surface area contributed by atoms with Crippen LogP contribution in [0, 0.1) is 0 Å². The second kappa shape index (κ2) is 11.0. The summed E-state index contributed by atoms with van der Waals surface area (Å²) in [6, 6.07) is 12.2. The molecule has 0 aliphatic rings. The summed E-state index contributed by atoms with van der Waals surface area (Å²) < 4.78 is 22.9. The molecule has 0 heterocycles. The van der Waals surface area contributed by atoms with Crippen LogP contribution in [-0.4, -0.2) is 31.4 Å². The Kier molecular flexibility index (Phi) is 8.06. The molecule has 0 atom stereocenters. The van der Waals surface area contributed by atoms with Crippen LogP contribution in [0.2, 0.25) is 5.02 Å². The van der Waals surface area contributed by atoms with Gasteiger partial charge in [-0.15, -0.1) is 0 Å². The highest BCUT2D eigenvalue weighted by atomic mass is 35.5. The van der Waals surface area contributed by atoms with Crippen molar-refractivity contribution in [1.29, 1.82) is 0 Å². The summed E-state index contributed by atoms with van der Waals surface area (Å²) >= 11 is 6.22. The molecular weight excluding hydrogens is 432 g/mol. The minimum Gasteiger partial charge on any atom is -0.504 e. The molecule has 0 aliphatic carbocycles. The third-order valence-electron chi connectivity index (χ3n) is 4.75. The molecule has 0 amide bonds. The number of ether oxygens (including phenoxy) is 4. The van der Waals surface area contributed by atoms with Crippen LogP contribution in [0.3, 0.4) is 0 Å². The summed E-state index contributed by atoms with van der Waals surface area (Å²) in [6.45, 7) is 4.63. The number of hydrogen-bond acceptors (Lipinski definition) is 6. The van der Waals surface area contributed by atoms with E-state index in [1.165, 1.54) is 0 Å². The Morgan fingerprint density at radius 3 is 2.31 bits per heavy atom. The Labute approximate surface area is 192 Å². The zero-order valence-electron chi connectivity index (χ0n) is 18.4. The van der Waals surface area contributed by atoms with Crippen molar-refractivity contribution in [1.82, 2.24) is 0 Å². The number of phenols is 1. The highest BCUT2D eigenvalue weighted by Crippen LogP contribution is 2.51. The van der Waals surface area contributed by atoms with Crippen LogP contribution in [0.4, 0.5) is 0 Å². The number of rotatable bonds is 10. The van der Waals surface area contributed by atoms with Gasteiger partial charge >= 0.3 is 5.97 Å². The number of esters is 1. The Hall–Kier alpha value is -3.12. The van der Waals surface area contributed by atoms with Gasteiger partial charge in [0.25, 0.3) is 0 Å². The largest absolute Gasteiger partial charge is 0.504 e. The highest BCUT2D eigenvalue weighted by molar-refractivity contribution is 6.31. The van der Waals surface area contributed by atoms with E-state index in [9.17, 15) is 9.90 Å². The maximum absolute atomic E-state index is 12.9. The number of aromatic hydroxyl groups is 1. The summed E-state index contributed by atoms with van der Waals surface area (Å²) in [4.78, 5) is 12.9. The lowest BCUT2D eigenvalue weighted by Gasteiger charge is -2.20. The standard InChI is InChI=1S/C25H27ClO6/c1-4-12-30-24-22(28)18-11-10-17(26)15-19(18)23(25(24)31-13-5-2)32-21(27)14-16-8-6-7-9-20(16)29-3/h6-11,15,28H,4-5,12-14H2,1-3H3. The summed E-state index contributed by atoms with van der Waals surface area (Å²) in [5.41, 5.74) is 0.694. The van der Waals surface area contributed by atoms with Gasteiger partial charge in [0.2, 0.25) is 11.5 Å². The number of para-hydroxylation sites is 1. The van der Waals surface area contributed by atoms with Gasteiger partial charge in [-0.2, -0.15) is 0 Å². The quantitative estimate of drug-likeness (QED) is 0.299. The normalized spacial score (nSPS) is 10.8. The Balaban J connectivity index is 2.10. The predicted octanol–water partition coefficient (Wildman–Crippen LogP) is 5.93. The number of benzene rings is 3. The minimum atomic E-state index is -0.510. The van der Waals surface area contributed by atoms with E-state index in [0.717, 1.165) is 12.8 Å². The first kappa shape index (κ1) is 23.5. The summed E-state index contributed by atoms with van der Waals surface area (Å²) in [5.74, 6) is 0.499. The molecule has 0 spiro atoms. The molecule has 3 aromatic carbocycles. The maximum Gasteiger partial charge on any atom is 0.315 e. The predicted molar refractivity (Wildman–Crippen MR) is 125 cm³/mol. The Bertz CT molecular complexity index is 1100. The first-order valence-electron chi connectivity index (χ1n) is 10.6. The van der Waals surface area contributed by atoms with Crippen molar-refractivity contribution in [3.05, 3.63) is 53.1 Å². The van der Waals surface area contributed by atoms with Gasteiger partial charge in [0.1, 0.15) is 5.75 Å².